The van der Waals surface area contributed by atoms with Crippen LogP contribution in [0.25, 0.3) is 5.69 Å². The molecule has 25 heavy (non-hydrogen) atoms. The van der Waals surface area contributed by atoms with Gasteiger partial charge in [-0.05, 0) is 43.4 Å². The lowest BCUT2D eigenvalue weighted by molar-refractivity contribution is -0.119. The molecule has 3 rings (SSSR count). The Labute approximate surface area is 151 Å². The Morgan fingerprint density at radius 3 is 2.48 bits per heavy atom. The molecule has 1 aromatic carbocycles. The Morgan fingerprint density at radius 1 is 1.20 bits per heavy atom. The number of amides is 2. The minimum atomic E-state index is -0.00974. The summed E-state index contributed by atoms with van der Waals surface area (Å²) in [5.74, 6) is 0.0352. The van der Waals surface area contributed by atoms with Crippen LogP contribution in [0.2, 0.25) is 0 Å². The number of rotatable bonds is 4. The van der Waals surface area contributed by atoms with Gasteiger partial charge >= 0.3 is 0 Å². The van der Waals surface area contributed by atoms with E-state index in [1.54, 1.807) is 18.0 Å². The summed E-state index contributed by atoms with van der Waals surface area (Å²) in [6, 6.07) is 7.79. The first-order valence-electron chi connectivity index (χ1n) is 8.32. The number of nitrogens with one attached hydrogen (secondary N) is 1. The van der Waals surface area contributed by atoms with Crippen LogP contribution in [0.4, 0.5) is 0 Å². The van der Waals surface area contributed by atoms with Gasteiger partial charge in [-0.15, -0.1) is 0 Å². The first-order chi connectivity index (χ1) is 12.1. The second-order valence-corrected chi connectivity index (χ2v) is 6.87. The Bertz CT molecular complexity index is 749. The highest BCUT2D eigenvalue weighted by molar-refractivity contribution is 7.98. The molecule has 1 aliphatic rings. The van der Waals surface area contributed by atoms with E-state index in [0.717, 1.165) is 23.7 Å². The zero-order valence-corrected chi connectivity index (χ0v) is 15.3. The number of aromatic nitrogens is 2. The summed E-state index contributed by atoms with van der Waals surface area (Å²) in [6.45, 7) is 2.87. The highest BCUT2D eigenvalue weighted by atomic mass is 32.2. The maximum absolute atomic E-state index is 12.7. The fourth-order valence-corrected chi connectivity index (χ4v) is 3.63. The first-order valence-corrected chi connectivity index (χ1v) is 9.55. The van der Waals surface area contributed by atoms with E-state index in [-0.39, 0.29) is 17.9 Å². The van der Waals surface area contributed by atoms with Crippen molar-refractivity contribution >= 4 is 23.6 Å². The lowest BCUT2D eigenvalue weighted by Gasteiger charge is -2.32. The second kappa shape index (κ2) is 7.74. The van der Waals surface area contributed by atoms with Gasteiger partial charge in [0.2, 0.25) is 5.91 Å². The van der Waals surface area contributed by atoms with Crippen molar-refractivity contribution in [2.45, 2.75) is 31.0 Å². The van der Waals surface area contributed by atoms with Crippen molar-refractivity contribution in [2.75, 3.05) is 19.3 Å². The van der Waals surface area contributed by atoms with Crippen molar-refractivity contribution in [1.29, 1.82) is 0 Å². The van der Waals surface area contributed by atoms with E-state index >= 15 is 0 Å². The van der Waals surface area contributed by atoms with Crippen molar-refractivity contribution in [1.82, 2.24) is 19.8 Å². The monoisotopic (exact) mass is 358 g/mol. The molecule has 0 aliphatic carbocycles. The maximum Gasteiger partial charge on any atom is 0.253 e. The minimum absolute atomic E-state index is 0.00974. The van der Waals surface area contributed by atoms with Crippen LogP contribution in [0.3, 0.4) is 0 Å². The van der Waals surface area contributed by atoms with Gasteiger partial charge in [0.1, 0.15) is 0 Å². The number of carbonyl (C=O) groups excluding carboxylic acids is 2. The van der Waals surface area contributed by atoms with E-state index in [2.05, 4.69) is 10.3 Å². The van der Waals surface area contributed by atoms with Gasteiger partial charge in [-0.2, -0.15) is 0 Å². The predicted octanol–water partition coefficient (Wildman–Crippen LogP) is 2.33. The normalized spacial score (nSPS) is 15.2. The number of hydrogen-bond acceptors (Lipinski definition) is 4. The van der Waals surface area contributed by atoms with Crippen LogP contribution in [-0.4, -0.2) is 51.7 Å². The largest absolute Gasteiger partial charge is 0.353 e. The first kappa shape index (κ1) is 17.5. The number of piperidine rings is 1. The molecule has 2 aromatic rings. The number of likely N-dealkylation sites (tertiary alicyclic amines) is 1. The zero-order chi connectivity index (χ0) is 17.8. The summed E-state index contributed by atoms with van der Waals surface area (Å²) in [5, 5.41) is 3.84. The Balaban J connectivity index is 1.65. The average molecular weight is 358 g/mol. The van der Waals surface area contributed by atoms with Crippen molar-refractivity contribution in [3.63, 3.8) is 0 Å². The van der Waals surface area contributed by atoms with Crippen LogP contribution < -0.4 is 5.32 Å². The summed E-state index contributed by atoms with van der Waals surface area (Å²) in [5.41, 5.74) is 1.68. The lowest BCUT2D eigenvalue weighted by Crippen LogP contribution is -2.46. The summed E-state index contributed by atoms with van der Waals surface area (Å²) in [6.07, 6.45) is 7.27. The second-order valence-electron chi connectivity index (χ2n) is 6.10. The molecule has 7 heteroatoms. The van der Waals surface area contributed by atoms with Gasteiger partial charge in [-0.1, -0.05) is 11.8 Å². The van der Waals surface area contributed by atoms with Crippen LogP contribution in [-0.2, 0) is 4.79 Å². The van der Waals surface area contributed by atoms with E-state index in [1.807, 2.05) is 46.2 Å². The topological polar surface area (TPSA) is 67.2 Å². The summed E-state index contributed by atoms with van der Waals surface area (Å²) >= 11 is 1.58. The van der Waals surface area contributed by atoms with Crippen LogP contribution in [0.1, 0.15) is 30.1 Å². The van der Waals surface area contributed by atoms with Gasteiger partial charge in [0.25, 0.3) is 5.91 Å². The average Bonchev–Trinajstić information content (AvgIpc) is 3.10. The van der Waals surface area contributed by atoms with Crippen molar-refractivity contribution in [3.8, 4) is 5.69 Å². The molecule has 2 amide bonds. The standard InChI is InChI=1S/C18H22N4O2S/c1-13(23)20-15-7-10-21(11-8-15)17(24)14-3-5-16(6-4-14)22-12-9-19-18(22)25-2/h3-6,9,12,15H,7-8,10-11H2,1-2H3,(H,20,23). The SMILES string of the molecule is CSc1nccn1-c1ccc(C(=O)N2CCC(NC(C)=O)CC2)cc1. The van der Waals surface area contributed by atoms with E-state index in [1.165, 1.54) is 6.92 Å². The third-order valence-corrected chi connectivity index (χ3v) is 5.04. The van der Waals surface area contributed by atoms with Gasteiger partial charge in [0.05, 0.1) is 0 Å². The molecule has 6 nitrogen and oxygen atoms in total. The Hall–Kier alpha value is -2.28. The van der Waals surface area contributed by atoms with Gasteiger partial charge in [-0.25, -0.2) is 4.98 Å². The van der Waals surface area contributed by atoms with Gasteiger partial charge in [0, 0.05) is 49.7 Å². The Kier molecular flexibility index (Phi) is 5.43. The summed E-state index contributed by atoms with van der Waals surface area (Å²) < 4.78 is 2.00. The van der Waals surface area contributed by atoms with Crippen LogP contribution in [0.15, 0.2) is 41.8 Å². The molecule has 1 aromatic heterocycles. The van der Waals surface area contributed by atoms with E-state index < -0.39 is 0 Å². The van der Waals surface area contributed by atoms with Crippen molar-refractivity contribution in [2.24, 2.45) is 0 Å². The Morgan fingerprint density at radius 2 is 1.88 bits per heavy atom. The van der Waals surface area contributed by atoms with Crippen LogP contribution >= 0.6 is 11.8 Å². The van der Waals surface area contributed by atoms with E-state index in [0.29, 0.717) is 18.7 Å². The number of benzene rings is 1. The van der Waals surface area contributed by atoms with Crippen LogP contribution in [0, 0.1) is 0 Å². The maximum atomic E-state index is 12.7. The molecule has 1 fully saturated rings. The minimum Gasteiger partial charge on any atom is -0.353 e. The number of hydrogen-bond donors (Lipinski definition) is 1. The smallest absolute Gasteiger partial charge is 0.253 e. The molecule has 1 saturated heterocycles. The molecule has 132 valence electrons. The third kappa shape index (κ3) is 4.04. The third-order valence-electron chi connectivity index (χ3n) is 4.37. The molecular weight excluding hydrogens is 336 g/mol. The van der Waals surface area contributed by atoms with Crippen molar-refractivity contribution < 1.29 is 9.59 Å². The molecule has 0 spiro atoms. The molecule has 1 N–H and O–H groups in total. The fourth-order valence-electron chi connectivity index (χ4n) is 3.10. The highest BCUT2D eigenvalue weighted by Crippen LogP contribution is 2.20. The molecule has 0 unspecified atom stereocenters. The molecule has 0 saturated carbocycles. The van der Waals surface area contributed by atoms with Crippen molar-refractivity contribution in [3.05, 3.63) is 42.2 Å². The lowest BCUT2D eigenvalue weighted by atomic mass is 10.0. The van der Waals surface area contributed by atoms with Crippen LogP contribution in [0.5, 0.6) is 0 Å². The van der Waals surface area contributed by atoms with E-state index in [9.17, 15) is 9.59 Å². The summed E-state index contributed by atoms with van der Waals surface area (Å²) in [4.78, 5) is 29.9. The number of imidazole rings is 1. The molecule has 0 radical (unpaired) electrons. The summed E-state index contributed by atoms with van der Waals surface area (Å²) in [7, 11) is 0. The van der Waals surface area contributed by atoms with Gasteiger partial charge in [-0.3, -0.25) is 14.2 Å². The molecule has 0 atom stereocenters. The van der Waals surface area contributed by atoms with Gasteiger partial charge < -0.3 is 10.2 Å². The molecular formula is C18H22N4O2S. The fraction of sp³-hybridized carbons (Fsp3) is 0.389. The zero-order valence-electron chi connectivity index (χ0n) is 14.4. The number of carbonyl (C=O) groups is 2. The molecule has 1 aliphatic heterocycles. The molecule has 0 bridgehead atoms. The van der Waals surface area contributed by atoms with Gasteiger partial charge in [0.15, 0.2) is 5.16 Å². The van der Waals surface area contributed by atoms with E-state index in [4.69, 9.17) is 0 Å². The number of nitrogens with zero attached hydrogens (tertiary/aromatic N) is 3. The predicted molar refractivity (Wildman–Crippen MR) is 98.1 cm³/mol. The quantitative estimate of drug-likeness (QED) is 0.852. The molecule has 2 heterocycles. The number of thioether (sulfide) groups is 1. The highest BCUT2D eigenvalue weighted by Gasteiger charge is 2.24.